The van der Waals surface area contributed by atoms with Crippen LogP contribution in [0.2, 0.25) is 0 Å². The fourth-order valence-electron chi connectivity index (χ4n) is 1.37. The van der Waals surface area contributed by atoms with Crippen LogP contribution in [0.3, 0.4) is 0 Å². The zero-order valence-corrected chi connectivity index (χ0v) is 10.6. The SMILES string of the molecule is CCCCCC(C)(C)NCC(C)(C)N. The Morgan fingerprint density at radius 1 is 1.07 bits per heavy atom. The first-order chi connectivity index (χ1) is 6.27. The number of nitrogens with two attached hydrogens (primary N) is 1. The van der Waals surface area contributed by atoms with Gasteiger partial charge in [-0.15, -0.1) is 0 Å². The summed E-state index contributed by atoms with van der Waals surface area (Å²) in [5.41, 5.74) is 6.05. The van der Waals surface area contributed by atoms with Crippen LogP contribution in [0.25, 0.3) is 0 Å². The molecule has 0 heterocycles. The third kappa shape index (κ3) is 8.52. The monoisotopic (exact) mass is 200 g/mol. The van der Waals surface area contributed by atoms with Crippen LogP contribution in [0.5, 0.6) is 0 Å². The normalized spacial score (nSPS) is 13.3. The predicted octanol–water partition coefficient (Wildman–Crippen LogP) is 2.67. The summed E-state index contributed by atoms with van der Waals surface area (Å²) in [5, 5.41) is 3.53. The smallest absolute Gasteiger partial charge is 0.0223 e. The Morgan fingerprint density at radius 2 is 1.64 bits per heavy atom. The molecule has 2 heteroatoms. The number of hydrogen-bond donors (Lipinski definition) is 2. The summed E-state index contributed by atoms with van der Waals surface area (Å²) in [6.45, 7) is 11.8. The molecule has 3 N–H and O–H groups in total. The van der Waals surface area contributed by atoms with Gasteiger partial charge in [0.05, 0.1) is 0 Å². The highest BCUT2D eigenvalue weighted by atomic mass is 15.0. The number of unbranched alkanes of at least 4 members (excludes halogenated alkanes) is 2. The molecule has 0 aliphatic carbocycles. The molecule has 0 atom stereocenters. The Kier molecular flexibility index (Phi) is 5.68. The van der Waals surface area contributed by atoms with Crippen LogP contribution in [-0.2, 0) is 0 Å². The molecule has 0 aromatic rings. The first-order valence-electron chi connectivity index (χ1n) is 5.81. The van der Waals surface area contributed by atoms with E-state index in [1.807, 2.05) is 0 Å². The maximum absolute atomic E-state index is 5.93. The van der Waals surface area contributed by atoms with Crippen LogP contribution in [0.1, 0.15) is 60.3 Å². The van der Waals surface area contributed by atoms with Crippen molar-refractivity contribution in [3.8, 4) is 0 Å². The average Bonchev–Trinajstić information content (AvgIpc) is 2.00. The minimum atomic E-state index is -0.109. The lowest BCUT2D eigenvalue weighted by atomic mass is 9.95. The van der Waals surface area contributed by atoms with E-state index in [0.717, 1.165) is 6.54 Å². The Morgan fingerprint density at radius 3 is 2.07 bits per heavy atom. The summed E-state index contributed by atoms with van der Waals surface area (Å²) in [6, 6.07) is 0. The van der Waals surface area contributed by atoms with Crippen molar-refractivity contribution >= 4 is 0 Å². The second kappa shape index (κ2) is 5.72. The lowest BCUT2D eigenvalue weighted by Crippen LogP contribution is -2.50. The van der Waals surface area contributed by atoms with Crippen molar-refractivity contribution < 1.29 is 0 Å². The quantitative estimate of drug-likeness (QED) is 0.620. The van der Waals surface area contributed by atoms with Crippen molar-refractivity contribution in [3.63, 3.8) is 0 Å². The number of rotatable bonds is 7. The second-order valence-electron chi connectivity index (χ2n) is 5.68. The zero-order valence-electron chi connectivity index (χ0n) is 10.6. The second-order valence-corrected chi connectivity index (χ2v) is 5.68. The molecule has 2 nitrogen and oxygen atoms in total. The summed E-state index contributed by atoms with van der Waals surface area (Å²) in [4.78, 5) is 0. The Labute approximate surface area is 89.6 Å². The maximum atomic E-state index is 5.93. The molecule has 0 unspecified atom stereocenters. The first kappa shape index (κ1) is 13.9. The molecular formula is C12H28N2. The van der Waals surface area contributed by atoms with Gasteiger partial charge >= 0.3 is 0 Å². The molecule has 0 spiro atoms. The van der Waals surface area contributed by atoms with E-state index in [2.05, 4.69) is 39.9 Å². The van der Waals surface area contributed by atoms with Gasteiger partial charge in [0, 0.05) is 17.6 Å². The van der Waals surface area contributed by atoms with Crippen molar-refractivity contribution in [2.24, 2.45) is 5.73 Å². The van der Waals surface area contributed by atoms with Gasteiger partial charge < -0.3 is 11.1 Å². The van der Waals surface area contributed by atoms with Gasteiger partial charge in [-0.3, -0.25) is 0 Å². The van der Waals surface area contributed by atoms with E-state index >= 15 is 0 Å². The third-order valence-corrected chi connectivity index (χ3v) is 2.43. The molecule has 0 bridgehead atoms. The van der Waals surface area contributed by atoms with Gasteiger partial charge in [-0.25, -0.2) is 0 Å². The summed E-state index contributed by atoms with van der Waals surface area (Å²) in [5.74, 6) is 0. The van der Waals surface area contributed by atoms with Gasteiger partial charge in [0.15, 0.2) is 0 Å². The molecule has 0 saturated heterocycles. The first-order valence-corrected chi connectivity index (χ1v) is 5.81. The molecule has 0 amide bonds. The summed E-state index contributed by atoms with van der Waals surface area (Å²) < 4.78 is 0. The standard InChI is InChI=1S/C12H28N2/c1-6-7-8-9-12(4,5)14-10-11(2,3)13/h14H,6-10,13H2,1-5H3. The number of nitrogens with one attached hydrogen (secondary N) is 1. The zero-order chi connectivity index (χ0) is 11.2. The molecule has 0 saturated carbocycles. The van der Waals surface area contributed by atoms with Gasteiger partial charge in [-0.1, -0.05) is 26.2 Å². The van der Waals surface area contributed by atoms with Gasteiger partial charge in [0.25, 0.3) is 0 Å². The molecule has 0 aliphatic rings. The summed E-state index contributed by atoms with van der Waals surface area (Å²) in [6.07, 6.45) is 5.16. The molecule has 0 aromatic carbocycles. The lowest BCUT2D eigenvalue weighted by molar-refractivity contribution is 0.314. The van der Waals surface area contributed by atoms with Gasteiger partial charge in [0.2, 0.25) is 0 Å². The Bertz CT molecular complexity index is 145. The molecule has 0 radical (unpaired) electrons. The average molecular weight is 200 g/mol. The van der Waals surface area contributed by atoms with Crippen LogP contribution in [-0.4, -0.2) is 17.6 Å². The van der Waals surface area contributed by atoms with Gasteiger partial charge in [-0.2, -0.15) is 0 Å². The minimum Gasteiger partial charge on any atom is -0.324 e. The lowest BCUT2D eigenvalue weighted by Gasteiger charge is -2.30. The van der Waals surface area contributed by atoms with E-state index < -0.39 is 0 Å². The maximum Gasteiger partial charge on any atom is 0.0223 e. The highest BCUT2D eigenvalue weighted by Gasteiger charge is 2.19. The fourth-order valence-corrected chi connectivity index (χ4v) is 1.37. The Balaban J connectivity index is 3.72. The van der Waals surface area contributed by atoms with Crippen LogP contribution < -0.4 is 11.1 Å². The topological polar surface area (TPSA) is 38.0 Å². The molecule has 0 rings (SSSR count). The molecule has 86 valence electrons. The molecule has 14 heavy (non-hydrogen) atoms. The van der Waals surface area contributed by atoms with Crippen molar-refractivity contribution in [3.05, 3.63) is 0 Å². The van der Waals surface area contributed by atoms with E-state index in [9.17, 15) is 0 Å². The van der Waals surface area contributed by atoms with E-state index in [0.29, 0.717) is 0 Å². The van der Waals surface area contributed by atoms with Crippen molar-refractivity contribution in [2.45, 2.75) is 71.4 Å². The van der Waals surface area contributed by atoms with Crippen LogP contribution in [0, 0.1) is 0 Å². The van der Waals surface area contributed by atoms with Crippen molar-refractivity contribution in [1.29, 1.82) is 0 Å². The molecule has 0 aliphatic heterocycles. The highest BCUT2D eigenvalue weighted by Crippen LogP contribution is 2.14. The molecule has 0 fully saturated rings. The van der Waals surface area contributed by atoms with Crippen LogP contribution in [0.15, 0.2) is 0 Å². The Hall–Kier alpha value is -0.0800. The summed E-state index contributed by atoms with van der Waals surface area (Å²) in [7, 11) is 0. The molecular weight excluding hydrogens is 172 g/mol. The third-order valence-electron chi connectivity index (χ3n) is 2.43. The number of hydrogen-bond acceptors (Lipinski definition) is 2. The van der Waals surface area contributed by atoms with E-state index in [1.165, 1.54) is 25.7 Å². The van der Waals surface area contributed by atoms with Crippen molar-refractivity contribution in [1.82, 2.24) is 5.32 Å². The molecule has 0 aromatic heterocycles. The van der Waals surface area contributed by atoms with Gasteiger partial charge in [0.1, 0.15) is 0 Å². The highest BCUT2D eigenvalue weighted by molar-refractivity contribution is 4.83. The van der Waals surface area contributed by atoms with E-state index in [-0.39, 0.29) is 11.1 Å². The largest absolute Gasteiger partial charge is 0.324 e. The predicted molar refractivity (Wildman–Crippen MR) is 64.5 cm³/mol. The van der Waals surface area contributed by atoms with Gasteiger partial charge in [-0.05, 0) is 34.1 Å². The van der Waals surface area contributed by atoms with Crippen LogP contribution >= 0.6 is 0 Å². The van der Waals surface area contributed by atoms with E-state index in [4.69, 9.17) is 5.73 Å². The van der Waals surface area contributed by atoms with Crippen molar-refractivity contribution in [2.75, 3.05) is 6.54 Å². The minimum absolute atomic E-state index is 0.109. The van der Waals surface area contributed by atoms with Crippen LogP contribution in [0.4, 0.5) is 0 Å². The summed E-state index contributed by atoms with van der Waals surface area (Å²) >= 11 is 0. The fraction of sp³-hybridized carbons (Fsp3) is 1.00. The van der Waals surface area contributed by atoms with E-state index in [1.54, 1.807) is 0 Å².